The van der Waals surface area contributed by atoms with Gasteiger partial charge in [-0.15, -0.1) is 0 Å². The van der Waals surface area contributed by atoms with Crippen molar-refractivity contribution < 1.29 is 9.66 Å². The van der Waals surface area contributed by atoms with Gasteiger partial charge in [0.25, 0.3) is 5.69 Å². The van der Waals surface area contributed by atoms with E-state index >= 15 is 0 Å². The SMILES string of the molecule is Cc1cc(N2CCOCC2)ccc1C=Nc1ccc([N+](=O)[O-])cc1. The number of aryl methyl sites for hydroxylation is 1. The molecule has 0 saturated carbocycles. The van der Waals surface area contributed by atoms with Crippen molar-refractivity contribution in [2.75, 3.05) is 31.2 Å². The third kappa shape index (κ3) is 3.78. The van der Waals surface area contributed by atoms with Crippen LogP contribution < -0.4 is 4.90 Å². The number of hydrogen-bond donors (Lipinski definition) is 0. The van der Waals surface area contributed by atoms with Crippen LogP contribution in [0.25, 0.3) is 0 Å². The Morgan fingerprint density at radius 1 is 1.17 bits per heavy atom. The molecule has 0 radical (unpaired) electrons. The second kappa shape index (κ2) is 7.23. The highest BCUT2D eigenvalue weighted by Crippen LogP contribution is 2.21. The van der Waals surface area contributed by atoms with Crippen molar-refractivity contribution in [1.29, 1.82) is 0 Å². The zero-order valence-electron chi connectivity index (χ0n) is 13.5. The molecule has 0 aliphatic carbocycles. The summed E-state index contributed by atoms with van der Waals surface area (Å²) in [6, 6.07) is 12.5. The number of benzene rings is 2. The number of ether oxygens (including phenoxy) is 1. The van der Waals surface area contributed by atoms with Gasteiger partial charge in [-0.25, -0.2) is 0 Å². The minimum Gasteiger partial charge on any atom is -0.378 e. The lowest BCUT2D eigenvalue weighted by molar-refractivity contribution is -0.384. The van der Waals surface area contributed by atoms with Crippen LogP contribution in [-0.4, -0.2) is 37.4 Å². The molecular weight excluding hydrogens is 306 g/mol. The molecular formula is C18H19N3O3. The van der Waals surface area contributed by atoms with Crippen molar-refractivity contribution in [2.45, 2.75) is 6.92 Å². The molecule has 0 amide bonds. The van der Waals surface area contributed by atoms with E-state index in [-0.39, 0.29) is 5.69 Å². The summed E-state index contributed by atoms with van der Waals surface area (Å²) in [6.45, 7) is 5.41. The number of morpholine rings is 1. The average molecular weight is 325 g/mol. The lowest BCUT2D eigenvalue weighted by Crippen LogP contribution is -2.36. The number of rotatable bonds is 4. The predicted octanol–water partition coefficient (Wildman–Crippen LogP) is 3.49. The maximum atomic E-state index is 10.7. The molecule has 2 aromatic rings. The largest absolute Gasteiger partial charge is 0.378 e. The van der Waals surface area contributed by atoms with Crippen LogP contribution >= 0.6 is 0 Å². The first-order valence-electron chi connectivity index (χ1n) is 7.85. The predicted molar refractivity (Wildman–Crippen MR) is 94.6 cm³/mol. The number of aliphatic imine (C=N–C) groups is 1. The summed E-state index contributed by atoms with van der Waals surface area (Å²) in [5, 5.41) is 10.7. The Hall–Kier alpha value is -2.73. The van der Waals surface area contributed by atoms with Crippen LogP contribution in [0.15, 0.2) is 47.5 Å². The van der Waals surface area contributed by atoms with Crippen molar-refractivity contribution in [3.8, 4) is 0 Å². The van der Waals surface area contributed by atoms with Crippen molar-refractivity contribution in [2.24, 2.45) is 4.99 Å². The average Bonchev–Trinajstić information content (AvgIpc) is 2.62. The highest BCUT2D eigenvalue weighted by Gasteiger charge is 2.11. The molecule has 0 spiro atoms. The summed E-state index contributed by atoms with van der Waals surface area (Å²) in [4.78, 5) is 17.0. The van der Waals surface area contributed by atoms with E-state index in [2.05, 4.69) is 35.0 Å². The van der Waals surface area contributed by atoms with Gasteiger partial charge in [0.05, 0.1) is 23.8 Å². The van der Waals surface area contributed by atoms with Crippen molar-refractivity contribution in [3.63, 3.8) is 0 Å². The standard InChI is InChI=1S/C18H19N3O3/c1-14-12-18(20-8-10-24-11-9-20)5-2-15(14)13-19-16-3-6-17(7-4-16)21(22)23/h2-7,12-13H,8-11H2,1H3. The summed E-state index contributed by atoms with van der Waals surface area (Å²) < 4.78 is 5.38. The van der Waals surface area contributed by atoms with E-state index in [1.807, 2.05) is 0 Å². The Morgan fingerprint density at radius 2 is 1.88 bits per heavy atom. The zero-order chi connectivity index (χ0) is 16.9. The van der Waals surface area contributed by atoms with E-state index in [4.69, 9.17) is 4.74 Å². The van der Waals surface area contributed by atoms with Gasteiger partial charge in [0.2, 0.25) is 0 Å². The van der Waals surface area contributed by atoms with E-state index in [1.54, 1.807) is 18.3 Å². The van der Waals surface area contributed by atoms with Crippen molar-refractivity contribution >= 4 is 23.3 Å². The Morgan fingerprint density at radius 3 is 2.50 bits per heavy atom. The highest BCUT2D eigenvalue weighted by molar-refractivity contribution is 5.84. The van der Waals surface area contributed by atoms with Crippen LogP contribution in [0.4, 0.5) is 17.1 Å². The summed E-state index contributed by atoms with van der Waals surface area (Å²) in [6.07, 6.45) is 1.79. The van der Waals surface area contributed by atoms with Gasteiger partial charge in [-0.1, -0.05) is 6.07 Å². The van der Waals surface area contributed by atoms with Crippen LogP contribution in [0.2, 0.25) is 0 Å². The van der Waals surface area contributed by atoms with Crippen LogP contribution in [0, 0.1) is 17.0 Å². The quantitative estimate of drug-likeness (QED) is 0.490. The molecule has 24 heavy (non-hydrogen) atoms. The normalized spacial score (nSPS) is 15.0. The maximum Gasteiger partial charge on any atom is 0.269 e. The van der Waals surface area contributed by atoms with Crippen LogP contribution in [0.5, 0.6) is 0 Å². The summed E-state index contributed by atoms with van der Waals surface area (Å²) >= 11 is 0. The molecule has 2 aromatic carbocycles. The third-order valence-corrected chi connectivity index (χ3v) is 4.04. The molecule has 0 unspecified atom stereocenters. The maximum absolute atomic E-state index is 10.7. The minimum atomic E-state index is -0.415. The lowest BCUT2D eigenvalue weighted by atomic mass is 10.1. The van der Waals surface area contributed by atoms with Gasteiger partial charge in [0.15, 0.2) is 0 Å². The van der Waals surface area contributed by atoms with Crippen LogP contribution in [0.1, 0.15) is 11.1 Å². The van der Waals surface area contributed by atoms with Gasteiger partial charge in [0, 0.05) is 37.1 Å². The Labute approximate surface area is 140 Å². The minimum absolute atomic E-state index is 0.0694. The fourth-order valence-corrected chi connectivity index (χ4v) is 2.63. The van der Waals surface area contributed by atoms with Gasteiger partial charge in [-0.05, 0) is 42.3 Å². The second-order valence-electron chi connectivity index (χ2n) is 5.67. The molecule has 1 saturated heterocycles. The molecule has 6 nitrogen and oxygen atoms in total. The van der Waals surface area contributed by atoms with Gasteiger partial charge < -0.3 is 9.64 Å². The molecule has 3 rings (SSSR count). The first-order chi connectivity index (χ1) is 11.6. The third-order valence-electron chi connectivity index (χ3n) is 4.04. The van der Waals surface area contributed by atoms with Gasteiger partial charge >= 0.3 is 0 Å². The molecule has 124 valence electrons. The highest BCUT2D eigenvalue weighted by atomic mass is 16.6. The van der Waals surface area contributed by atoms with E-state index in [0.717, 1.165) is 37.4 Å². The van der Waals surface area contributed by atoms with E-state index < -0.39 is 4.92 Å². The summed E-state index contributed by atoms with van der Waals surface area (Å²) in [5.74, 6) is 0. The Kier molecular flexibility index (Phi) is 4.86. The van der Waals surface area contributed by atoms with E-state index in [9.17, 15) is 10.1 Å². The molecule has 0 N–H and O–H groups in total. The molecule has 1 aliphatic rings. The van der Waals surface area contributed by atoms with Gasteiger partial charge in [-0.3, -0.25) is 15.1 Å². The first-order valence-corrected chi connectivity index (χ1v) is 7.85. The van der Waals surface area contributed by atoms with Crippen molar-refractivity contribution in [1.82, 2.24) is 0 Å². The Bertz CT molecular complexity index is 751. The molecule has 1 heterocycles. The number of nitro groups is 1. The number of nitrogens with zero attached hydrogens (tertiary/aromatic N) is 3. The van der Waals surface area contributed by atoms with Crippen LogP contribution in [-0.2, 0) is 4.74 Å². The number of anilines is 1. The lowest BCUT2D eigenvalue weighted by Gasteiger charge is -2.29. The smallest absolute Gasteiger partial charge is 0.269 e. The zero-order valence-corrected chi connectivity index (χ0v) is 13.5. The fourth-order valence-electron chi connectivity index (χ4n) is 2.63. The van der Waals surface area contributed by atoms with Crippen LogP contribution in [0.3, 0.4) is 0 Å². The molecule has 6 heteroatoms. The van der Waals surface area contributed by atoms with Gasteiger partial charge in [-0.2, -0.15) is 0 Å². The topological polar surface area (TPSA) is 68.0 Å². The summed E-state index contributed by atoms with van der Waals surface area (Å²) in [7, 11) is 0. The monoisotopic (exact) mass is 325 g/mol. The number of non-ortho nitro benzene ring substituents is 1. The van der Waals surface area contributed by atoms with E-state index in [0.29, 0.717) is 5.69 Å². The molecule has 0 bridgehead atoms. The molecule has 0 atom stereocenters. The number of hydrogen-bond acceptors (Lipinski definition) is 5. The number of nitro benzene ring substituents is 1. The first kappa shape index (κ1) is 16.1. The summed E-state index contributed by atoms with van der Waals surface area (Å²) in [5.41, 5.74) is 4.13. The van der Waals surface area contributed by atoms with Gasteiger partial charge in [0.1, 0.15) is 0 Å². The molecule has 1 fully saturated rings. The Balaban J connectivity index is 1.73. The fraction of sp³-hybridized carbons (Fsp3) is 0.278. The van der Waals surface area contributed by atoms with E-state index in [1.165, 1.54) is 17.8 Å². The molecule has 0 aromatic heterocycles. The molecule has 1 aliphatic heterocycles. The van der Waals surface area contributed by atoms with Crippen molar-refractivity contribution in [3.05, 3.63) is 63.7 Å². The second-order valence-corrected chi connectivity index (χ2v) is 5.67.